The van der Waals surface area contributed by atoms with Gasteiger partial charge in [0.1, 0.15) is 6.17 Å². The number of aliphatic carboxylic acids is 1. The number of carbonyl (C=O) groups is 1. The van der Waals surface area contributed by atoms with Crippen LogP contribution in [0.25, 0.3) is 0 Å². The Bertz CT molecular complexity index is 596. The fraction of sp³-hybridized carbons (Fsp3) is 0.267. The van der Waals surface area contributed by atoms with E-state index >= 15 is 0 Å². The standard InChI is InChI=1S/C15H13Cl2FO2/c1-8(6-13(19)20)2-4-10-14(15(10)18)9-3-5-11(16)12(17)7-9/h2-7,10,14-15H,1H3,(H,19,20). The molecule has 0 radical (unpaired) electrons. The van der Waals surface area contributed by atoms with Crippen LogP contribution >= 0.6 is 23.2 Å². The van der Waals surface area contributed by atoms with Gasteiger partial charge in [0.05, 0.1) is 10.0 Å². The molecule has 1 aromatic carbocycles. The van der Waals surface area contributed by atoms with Gasteiger partial charge in [-0.05, 0) is 30.2 Å². The van der Waals surface area contributed by atoms with Crippen molar-refractivity contribution in [2.45, 2.75) is 19.0 Å². The molecule has 0 heterocycles. The highest BCUT2D eigenvalue weighted by atomic mass is 35.5. The van der Waals surface area contributed by atoms with Crippen LogP contribution in [-0.4, -0.2) is 17.2 Å². The highest BCUT2D eigenvalue weighted by Gasteiger charge is 2.50. The van der Waals surface area contributed by atoms with E-state index < -0.39 is 12.1 Å². The molecule has 2 nitrogen and oxygen atoms in total. The van der Waals surface area contributed by atoms with Crippen molar-refractivity contribution < 1.29 is 14.3 Å². The fourth-order valence-corrected chi connectivity index (χ4v) is 2.46. The van der Waals surface area contributed by atoms with E-state index in [0.29, 0.717) is 15.6 Å². The zero-order valence-corrected chi connectivity index (χ0v) is 12.2. The average Bonchev–Trinajstić information content (AvgIpc) is 3.00. The van der Waals surface area contributed by atoms with Gasteiger partial charge in [0.2, 0.25) is 0 Å². The molecule has 1 N–H and O–H groups in total. The minimum Gasteiger partial charge on any atom is -0.478 e. The molecule has 1 aromatic rings. The van der Waals surface area contributed by atoms with Crippen LogP contribution in [0.4, 0.5) is 4.39 Å². The van der Waals surface area contributed by atoms with Gasteiger partial charge >= 0.3 is 5.97 Å². The lowest BCUT2D eigenvalue weighted by atomic mass is 10.1. The van der Waals surface area contributed by atoms with Crippen LogP contribution in [0.15, 0.2) is 42.0 Å². The maximum absolute atomic E-state index is 13.8. The van der Waals surface area contributed by atoms with Crippen molar-refractivity contribution in [3.63, 3.8) is 0 Å². The minimum absolute atomic E-state index is 0.237. The highest BCUT2D eigenvalue weighted by molar-refractivity contribution is 6.42. The third-order valence-electron chi connectivity index (χ3n) is 3.25. The van der Waals surface area contributed by atoms with Gasteiger partial charge in [-0.15, -0.1) is 0 Å². The summed E-state index contributed by atoms with van der Waals surface area (Å²) in [6, 6.07) is 5.09. The van der Waals surface area contributed by atoms with E-state index in [1.54, 1.807) is 37.3 Å². The lowest BCUT2D eigenvalue weighted by molar-refractivity contribution is -0.131. The van der Waals surface area contributed by atoms with E-state index in [4.69, 9.17) is 28.3 Å². The second-order valence-corrected chi connectivity index (χ2v) is 5.62. The number of allylic oxidation sites excluding steroid dienone is 3. The molecular formula is C15H13Cl2FO2. The Morgan fingerprint density at radius 3 is 2.65 bits per heavy atom. The lowest BCUT2D eigenvalue weighted by Crippen LogP contribution is -1.88. The Hall–Kier alpha value is -1.32. The first-order chi connectivity index (χ1) is 9.40. The first-order valence-electron chi connectivity index (χ1n) is 6.08. The molecule has 1 aliphatic rings. The van der Waals surface area contributed by atoms with Crippen LogP contribution in [0.5, 0.6) is 0 Å². The Balaban J connectivity index is 2.08. The van der Waals surface area contributed by atoms with E-state index in [0.717, 1.165) is 11.6 Å². The summed E-state index contributed by atoms with van der Waals surface area (Å²) in [5.41, 5.74) is 1.38. The number of benzene rings is 1. The van der Waals surface area contributed by atoms with Crippen molar-refractivity contribution in [1.82, 2.24) is 0 Å². The van der Waals surface area contributed by atoms with Crippen molar-refractivity contribution in [3.8, 4) is 0 Å². The molecular weight excluding hydrogens is 302 g/mol. The van der Waals surface area contributed by atoms with Gasteiger partial charge in [0.25, 0.3) is 0 Å². The number of carboxylic acids is 1. The van der Waals surface area contributed by atoms with Gasteiger partial charge in [0, 0.05) is 17.9 Å². The van der Waals surface area contributed by atoms with E-state index in [9.17, 15) is 9.18 Å². The average molecular weight is 315 g/mol. The van der Waals surface area contributed by atoms with Crippen LogP contribution < -0.4 is 0 Å². The summed E-state index contributed by atoms with van der Waals surface area (Å²) in [7, 11) is 0. The maximum Gasteiger partial charge on any atom is 0.328 e. The zero-order chi connectivity index (χ0) is 14.9. The Kier molecular flexibility index (Phi) is 4.51. The number of carboxylic acid groups (broad SMARTS) is 1. The van der Waals surface area contributed by atoms with Crippen molar-refractivity contribution >= 4 is 29.2 Å². The molecule has 3 atom stereocenters. The van der Waals surface area contributed by atoms with Crippen molar-refractivity contribution in [2.75, 3.05) is 0 Å². The molecule has 2 rings (SSSR count). The third-order valence-corrected chi connectivity index (χ3v) is 3.98. The summed E-state index contributed by atoms with van der Waals surface area (Å²) in [5, 5.41) is 9.45. The van der Waals surface area contributed by atoms with Crippen LogP contribution in [0.3, 0.4) is 0 Å². The smallest absolute Gasteiger partial charge is 0.328 e. The van der Waals surface area contributed by atoms with E-state index in [1.807, 2.05) is 0 Å². The molecule has 3 unspecified atom stereocenters. The molecule has 0 bridgehead atoms. The minimum atomic E-state index is -1.01. The SMILES string of the molecule is CC(C=CC1C(F)C1c1ccc(Cl)c(Cl)c1)=CC(=O)O. The molecule has 0 amide bonds. The van der Waals surface area contributed by atoms with Crippen LogP contribution in [0.1, 0.15) is 18.4 Å². The van der Waals surface area contributed by atoms with E-state index in [2.05, 4.69) is 0 Å². The largest absolute Gasteiger partial charge is 0.478 e. The first kappa shape index (κ1) is 15.1. The first-order valence-corrected chi connectivity index (χ1v) is 6.84. The number of rotatable bonds is 4. The normalized spacial score (nSPS) is 26.0. The number of hydrogen-bond acceptors (Lipinski definition) is 1. The highest BCUT2D eigenvalue weighted by Crippen LogP contribution is 2.52. The molecule has 1 fully saturated rings. The Morgan fingerprint density at radius 2 is 2.05 bits per heavy atom. The van der Waals surface area contributed by atoms with E-state index in [1.165, 1.54) is 0 Å². The number of hydrogen-bond donors (Lipinski definition) is 1. The summed E-state index contributed by atoms with van der Waals surface area (Å²) < 4.78 is 13.8. The molecule has 0 aromatic heterocycles. The Morgan fingerprint density at radius 1 is 1.35 bits per heavy atom. The van der Waals surface area contributed by atoms with Crippen LogP contribution in [0.2, 0.25) is 10.0 Å². The zero-order valence-electron chi connectivity index (χ0n) is 10.7. The second kappa shape index (κ2) is 5.98. The predicted molar refractivity (Wildman–Crippen MR) is 78.1 cm³/mol. The number of alkyl halides is 1. The van der Waals surface area contributed by atoms with Crippen LogP contribution in [-0.2, 0) is 4.79 Å². The van der Waals surface area contributed by atoms with Crippen molar-refractivity contribution in [2.24, 2.45) is 5.92 Å². The van der Waals surface area contributed by atoms with Crippen molar-refractivity contribution in [3.05, 3.63) is 57.6 Å². The summed E-state index contributed by atoms with van der Waals surface area (Å²) in [6.07, 6.45) is 3.44. The molecule has 106 valence electrons. The van der Waals surface area contributed by atoms with Gasteiger partial charge in [-0.1, -0.05) is 41.4 Å². The van der Waals surface area contributed by atoms with Gasteiger partial charge in [-0.25, -0.2) is 9.18 Å². The molecule has 0 saturated heterocycles. The summed E-state index contributed by atoms with van der Waals surface area (Å²) in [6.45, 7) is 1.66. The predicted octanol–water partition coefficient (Wildman–Crippen LogP) is 4.63. The molecule has 5 heteroatoms. The maximum atomic E-state index is 13.8. The molecule has 0 aliphatic heterocycles. The lowest BCUT2D eigenvalue weighted by Gasteiger charge is -2.00. The molecule has 1 saturated carbocycles. The quantitative estimate of drug-likeness (QED) is 0.649. The topological polar surface area (TPSA) is 37.3 Å². The monoisotopic (exact) mass is 314 g/mol. The Labute approximate surface area is 126 Å². The molecule has 1 aliphatic carbocycles. The van der Waals surface area contributed by atoms with Gasteiger partial charge in [-0.2, -0.15) is 0 Å². The van der Waals surface area contributed by atoms with Gasteiger partial charge in [-0.3, -0.25) is 0 Å². The van der Waals surface area contributed by atoms with Crippen LogP contribution in [0, 0.1) is 5.92 Å². The van der Waals surface area contributed by atoms with Gasteiger partial charge < -0.3 is 5.11 Å². The van der Waals surface area contributed by atoms with Gasteiger partial charge in [0.15, 0.2) is 0 Å². The molecule has 20 heavy (non-hydrogen) atoms. The summed E-state index contributed by atoms with van der Waals surface area (Å²) >= 11 is 11.7. The summed E-state index contributed by atoms with van der Waals surface area (Å²) in [5.74, 6) is -1.50. The van der Waals surface area contributed by atoms with E-state index in [-0.39, 0.29) is 11.8 Å². The number of halogens is 3. The third kappa shape index (κ3) is 3.41. The second-order valence-electron chi connectivity index (χ2n) is 4.81. The fourth-order valence-electron chi connectivity index (χ4n) is 2.15. The summed E-state index contributed by atoms with van der Waals surface area (Å²) in [4.78, 5) is 10.5. The molecule has 0 spiro atoms. The van der Waals surface area contributed by atoms with Crippen molar-refractivity contribution in [1.29, 1.82) is 0 Å².